The van der Waals surface area contributed by atoms with Crippen LogP contribution in [0.1, 0.15) is 37.0 Å². The van der Waals surface area contributed by atoms with E-state index < -0.39 is 17.9 Å². The summed E-state index contributed by atoms with van der Waals surface area (Å²) in [6, 6.07) is 15.4. The molecule has 2 aromatic rings. The standard InChI is InChI=1S/C32H44N6O6S/c1-3-22(2)31(33)25-8-4-24(5-9-25)17-34-32(45)35-26-10-6-23(7-11-26)16-27-18-37(20-29(41)42)13-12-36(19-28(39)40)14-15-38(27)21-30(43)44/h4-11,27H,3,12-21,33H2,1-2H3,(H,39,40)(H,41,42)(H,43,44)(H2,34,35,45)/b31-22+. The summed E-state index contributed by atoms with van der Waals surface area (Å²) < 4.78 is 0. The average Bonchev–Trinajstić information content (AvgIpc) is 3.06. The summed E-state index contributed by atoms with van der Waals surface area (Å²) >= 11 is 5.49. The number of nitrogens with zero attached hydrogens (tertiary/aromatic N) is 3. The third-order valence-corrected chi connectivity index (χ3v) is 8.11. The van der Waals surface area contributed by atoms with Crippen molar-refractivity contribution in [2.45, 2.75) is 39.3 Å². The highest BCUT2D eigenvalue weighted by Gasteiger charge is 2.28. The molecule has 0 saturated carbocycles. The Balaban J connectivity index is 1.64. The van der Waals surface area contributed by atoms with Crippen LogP contribution in [0.5, 0.6) is 0 Å². The molecule has 1 fully saturated rings. The van der Waals surface area contributed by atoms with Crippen LogP contribution in [0.2, 0.25) is 0 Å². The van der Waals surface area contributed by atoms with Gasteiger partial charge in [-0.1, -0.05) is 48.9 Å². The predicted molar refractivity (Wildman–Crippen MR) is 178 cm³/mol. The third kappa shape index (κ3) is 12.1. The van der Waals surface area contributed by atoms with Crippen LogP contribution in [-0.2, 0) is 27.3 Å². The van der Waals surface area contributed by atoms with Crippen LogP contribution in [0.25, 0.3) is 5.70 Å². The monoisotopic (exact) mass is 640 g/mol. The molecule has 0 spiro atoms. The number of allylic oxidation sites excluding steroid dienone is 1. The zero-order chi connectivity index (χ0) is 32.9. The molecule has 1 aliphatic rings. The van der Waals surface area contributed by atoms with Crippen LogP contribution < -0.4 is 16.4 Å². The van der Waals surface area contributed by atoms with E-state index in [4.69, 9.17) is 18.0 Å². The average molecular weight is 641 g/mol. The van der Waals surface area contributed by atoms with Crippen LogP contribution in [0.3, 0.4) is 0 Å². The maximum atomic E-state index is 11.7. The molecule has 3 rings (SSSR count). The van der Waals surface area contributed by atoms with Gasteiger partial charge in [0.1, 0.15) is 0 Å². The second-order valence-corrected chi connectivity index (χ2v) is 11.7. The SMILES string of the molecule is CC/C(C)=C(/N)c1ccc(CNC(=S)Nc2ccc(CC3CN(CC(=O)O)CCN(CC(=O)O)CCN3CC(=O)O)cc2)cc1. The van der Waals surface area contributed by atoms with E-state index in [0.717, 1.165) is 40.1 Å². The molecule has 12 nitrogen and oxygen atoms in total. The highest BCUT2D eigenvalue weighted by Crippen LogP contribution is 2.18. The van der Waals surface area contributed by atoms with Crippen molar-refractivity contribution in [3.63, 3.8) is 0 Å². The number of thiocarbonyl (C=S) groups is 1. The highest BCUT2D eigenvalue weighted by atomic mass is 32.1. The van der Waals surface area contributed by atoms with E-state index in [0.29, 0.717) is 50.8 Å². The van der Waals surface area contributed by atoms with Crippen LogP contribution in [-0.4, -0.2) is 111 Å². The third-order valence-electron chi connectivity index (χ3n) is 7.87. The smallest absolute Gasteiger partial charge is 0.317 e. The Hall–Kier alpha value is -4.04. The number of nitrogens with one attached hydrogen (secondary N) is 2. The number of rotatable bonds is 13. The van der Waals surface area contributed by atoms with Crippen molar-refractivity contribution in [1.82, 2.24) is 20.0 Å². The molecule has 7 N–H and O–H groups in total. The molecule has 13 heteroatoms. The molecule has 0 aliphatic carbocycles. The Kier molecular flexibility index (Phi) is 13.7. The first-order valence-corrected chi connectivity index (χ1v) is 15.4. The van der Waals surface area contributed by atoms with Gasteiger partial charge in [0.15, 0.2) is 5.11 Å². The van der Waals surface area contributed by atoms with Gasteiger partial charge in [-0.25, -0.2) is 0 Å². The fourth-order valence-corrected chi connectivity index (χ4v) is 5.39. The van der Waals surface area contributed by atoms with Crippen LogP contribution >= 0.6 is 12.2 Å². The normalized spacial score (nSPS) is 17.3. The molecule has 1 atom stereocenters. The minimum absolute atomic E-state index is 0.199. The molecule has 1 saturated heterocycles. The topological polar surface area (TPSA) is 172 Å². The van der Waals surface area contributed by atoms with Gasteiger partial charge >= 0.3 is 17.9 Å². The number of carboxylic acid groups (broad SMARTS) is 3. The molecule has 45 heavy (non-hydrogen) atoms. The van der Waals surface area contributed by atoms with E-state index in [2.05, 4.69) is 17.6 Å². The molecule has 1 heterocycles. The van der Waals surface area contributed by atoms with E-state index in [-0.39, 0.29) is 25.7 Å². The summed E-state index contributed by atoms with van der Waals surface area (Å²) in [5, 5.41) is 35.2. The maximum absolute atomic E-state index is 11.7. The summed E-state index contributed by atoms with van der Waals surface area (Å²) in [4.78, 5) is 39.9. The largest absolute Gasteiger partial charge is 0.480 e. The van der Waals surface area contributed by atoms with Gasteiger partial charge in [0.2, 0.25) is 0 Å². The predicted octanol–water partition coefficient (Wildman–Crippen LogP) is 2.36. The Morgan fingerprint density at radius 1 is 0.844 bits per heavy atom. The molecule has 0 radical (unpaired) electrons. The minimum Gasteiger partial charge on any atom is -0.480 e. The molecule has 244 valence electrons. The van der Waals surface area contributed by atoms with Crippen LogP contribution in [0, 0.1) is 0 Å². The second-order valence-electron chi connectivity index (χ2n) is 11.3. The first-order chi connectivity index (χ1) is 21.4. The van der Waals surface area contributed by atoms with Gasteiger partial charge in [-0.3, -0.25) is 29.1 Å². The minimum atomic E-state index is -1.00. The van der Waals surface area contributed by atoms with E-state index in [1.807, 2.05) is 55.5 Å². The lowest BCUT2D eigenvalue weighted by Gasteiger charge is -2.33. The van der Waals surface area contributed by atoms with Gasteiger partial charge in [0.25, 0.3) is 0 Å². The van der Waals surface area contributed by atoms with E-state index in [9.17, 15) is 29.7 Å². The number of aliphatic carboxylic acids is 3. The lowest BCUT2D eigenvalue weighted by atomic mass is 10.0. The van der Waals surface area contributed by atoms with Crippen molar-refractivity contribution in [3.05, 3.63) is 70.8 Å². The van der Waals surface area contributed by atoms with Gasteiger partial charge < -0.3 is 31.7 Å². The second kappa shape index (κ2) is 17.4. The highest BCUT2D eigenvalue weighted by molar-refractivity contribution is 7.80. The quantitative estimate of drug-likeness (QED) is 0.177. The van der Waals surface area contributed by atoms with Crippen molar-refractivity contribution in [2.75, 3.05) is 57.7 Å². The number of hydrogen-bond donors (Lipinski definition) is 6. The molecule has 0 bridgehead atoms. The number of hydrogen-bond acceptors (Lipinski definition) is 8. The first-order valence-electron chi connectivity index (χ1n) is 15.0. The molecule has 1 aliphatic heterocycles. The van der Waals surface area contributed by atoms with Crippen molar-refractivity contribution < 1.29 is 29.7 Å². The Bertz CT molecular complexity index is 1350. The van der Waals surface area contributed by atoms with E-state index in [1.54, 1.807) is 14.7 Å². The van der Waals surface area contributed by atoms with Crippen LogP contribution in [0.4, 0.5) is 5.69 Å². The van der Waals surface area contributed by atoms with Gasteiger partial charge in [0, 0.05) is 56.7 Å². The summed E-state index contributed by atoms with van der Waals surface area (Å²) in [5.74, 6) is -2.99. The number of anilines is 1. The zero-order valence-corrected chi connectivity index (χ0v) is 26.7. The van der Waals surface area contributed by atoms with Gasteiger partial charge in [-0.15, -0.1) is 0 Å². The number of carboxylic acids is 3. The molecule has 0 amide bonds. The number of nitrogens with two attached hydrogens (primary N) is 1. The fourth-order valence-electron chi connectivity index (χ4n) is 5.20. The lowest BCUT2D eigenvalue weighted by Crippen LogP contribution is -2.49. The van der Waals surface area contributed by atoms with Gasteiger partial charge in [-0.2, -0.15) is 0 Å². The Labute approximate surface area is 269 Å². The number of carbonyl (C=O) groups is 3. The summed E-state index contributed by atoms with van der Waals surface area (Å²) in [6.07, 6.45) is 1.39. The summed E-state index contributed by atoms with van der Waals surface area (Å²) in [5.41, 5.74) is 12.0. The Morgan fingerprint density at radius 2 is 1.40 bits per heavy atom. The van der Waals surface area contributed by atoms with E-state index >= 15 is 0 Å². The van der Waals surface area contributed by atoms with Crippen molar-refractivity contribution >= 4 is 46.6 Å². The number of benzene rings is 2. The van der Waals surface area contributed by atoms with Gasteiger partial charge in [-0.05, 0) is 60.8 Å². The van der Waals surface area contributed by atoms with Crippen molar-refractivity contribution in [3.8, 4) is 0 Å². The van der Waals surface area contributed by atoms with Crippen molar-refractivity contribution in [2.24, 2.45) is 5.73 Å². The maximum Gasteiger partial charge on any atom is 0.317 e. The first kappa shape index (κ1) is 35.4. The Morgan fingerprint density at radius 3 is 2.00 bits per heavy atom. The van der Waals surface area contributed by atoms with E-state index in [1.165, 1.54) is 0 Å². The molecule has 1 unspecified atom stereocenters. The molecule has 0 aromatic heterocycles. The fraction of sp³-hybridized carbons (Fsp3) is 0.438. The molecular formula is C32H44N6O6S. The van der Waals surface area contributed by atoms with Crippen LogP contribution in [0.15, 0.2) is 54.1 Å². The summed E-state index contributed by atoms with van der Waals surface area (Å²) in [7, 11) is 0. The zero-order valence-electron chi connectivity index (χ0n) is 25.9. The molecule has 2 aromatic carbocycles. The lowest BCUT2D eigenvalue weighted by molar-refractivity contribution is -0.140. The molecular weight excluding hydrogens is 596 g/mol. The summed E-state index contributed by atoms with van der Waals surface area (Å²) in [6.45, 7) is 5.75. The van der Waals surface area contributed by atoms with Crippen molar-refractivity contribution in [1.29, 1.82) is 0 Å². The van der Waals surface area contributed by atoms with Gasteiger partial charge in [0.05, 0.1) is 19.6 Å².